The van der Waals surface area contributed by atoms with Gasteiger partial charge >= 0.3 is 0 Å². The Labute approximate surface area is 167 Å². The van der Waals surface area contributed by atoms with Gasteiger partial charge in [0, 0.05) is 5.56 Å². The lowest BCUT2D eigenvalue weighted by atomic mass is 10.1. The van der Waals surface area contributed by atoms with Crippen LogP contribution in [-0.2, 0) is 18.0 Å². The Morgan fingerprint density at radius 2 is 1.34 bits per heavy atom. The predicted molar refractivity (Wildman–Crippen MR) is 106 cm³/mol. The molecular formula is C23H18N2O4. The van der Waals surface area contributed by atoms with Crippen molar-refractivity contribution in [3.8, 4) is 0 Å². The van der Waals surface area contributed by atoms with Crippen LogP contribution in [0.15, 0.2) is 78.9 Å². The molecule has 29 heavy (non-hydrogen) atoms. The molecule has 1 N–H and O–H groups in total. The maximum absolute atomic E-state index is 12.4. The fourth-order valence-electron chi connectivity index (χ4n) is 3.14. The number of imide groups is 1. The van der Waals surface area contributed by atoms with Crippen molar-refractivity contribution >= 4 is 17.7 Å². The van der Waals surface area contributed by atoms with Crippen molar-refractivity contribution in [1.29, 1.82) is 0 Å². The average molecular weight is 386 g/mol. The largest absolute Gasteiger partial charge is 0.274 e. The summed E-state index contributed by atoms with van der Waals surface area (Å²) >= 11 is 0. The molecule has 0 radical (unpaired) electrons. The van der Waals surface area contributed by atoms with Gasteiger partial charge in [-0.05, 0) is 35.4 Å². The fourth-order valence-corrected chi connectivity index (χ4v) is 3.14. The van der Waals surface area contributed by atoms with E-state index >= 15 is 0 Å². The van der Waals surface area contributed by atoms with Gasteiger partial charge in [-0.1, -0.05) is 54.6 Å². The van der Waals surface area contributed by atoms with Crippen LogP contribution >= 0.6 is 0 Å². The molecule has 0 aromatic heterocycles. The molecule has 6 heteroatoms. The number of amides is 3. The van der Waals surface area contributed by atoms with Gasteiger partial charge in [0.15, 0.2) is 0 Å². The molecule has 0 spiro atoms. The summed E-state index contributed by atoms with van der Waals surface area (Å²) in [6.45, 7) is 0.420. The van der Waals surface area contributed by atoms with Gasteiger partial charge < -0.3 is 0 Å². The fraction of sp³-hybridized carbons (Fsp3) is 0.0870. The highest BCUT2D eigenvalue weighted by molar-refractivity contribution is 6.21. The number of hydroxylamine groups is 1. The van der Waals surface area contributed by atoms with E-state index in [1.807, 2.05) is 30.3 Å². The van der Waals surface area contributed by atoms with Gasteiger partial charge in [0.25, 0.3) is 17.7 Å². The number of hydrogen-bond acceptors (Lipinski definition) is 4. The molecule has 0 fully saturated rings. The summed E-state index contributed by atoms with van der Waals surface area (Å²) in [6, 6.07) is 23.0. The van der Waals surface area contributed by atoms with Crippen LogP contribution in [0.1, 0.15) is 42.2 Å². The van der Waals surface area contributed by atoms with Crippen LogP contribution < -0.4 is 5.48 Å². The SMILES string of the molecule is O=C(NOCc1ccccc1)c1ccc(CN2C(=O)c3ccccc3C2=O)cc1. The van der Waals surface area contributed by atoms with E-state index in [1.54, 1.807) is 48.5 Å². The number of rotatable bonds is 6. The average Bonchev–Trinajstić information content (AvgIpc) is 3.00. The minimum atomic E-state index is -0.367. The summed E-state index contributed by atoms with van der Waals surface area (Å²) in [5.74, 6) is -0.975. The number of hydrogen-bond donors (Lipinski definition) is 1. The van der Waals surface area contributed by atoms with Gasteiger partial charge in [0.2, 0.25) is 0 Å². The predicted octanol–water partition coefficient (Wildman–Crippen LogP) is 3.34. The summed E-state index contributed by atoms with van der Waals surface area (Å²) in [6.07, 6.45) is 0. The molecule has 0 saturated carbocycles. The molecular weight excluding hydrogens is 368 g/mol. The maximum Gasteiger partial charge on any atom is 0.274 e. The number of benzene rings is 3. The zero-order valence-corrected chi connectivity index (χ0v) is 15.5. The van der Waals surface area contributed by atoms with Gasteiger partial charge in [0.05, 0.1) is 24.3 Å². The van der Waals surface area contributed by atoms with Gasteiger partial charge in [0.1, 0.15) is 0 Å². The Hall–Kier alpha value is -3.77. The smallest absolute Gasteiger partial charge is 0.270 e. The van der Waals surface area contributed by atoms with E-state index in [0.717, 1.165) is 11.1 Å². The minimum Gasteiger partial charge on any atom is -0.270 e. The second-order valence-electron chi connectivity index (χ2n) is 6.64. The summed E-state index contributed by atoms with van der Waals surface area (Å²) in [4.78, 5) is 43.5. The van der Waals surface area contributed by atoms with Crippen LogP contribution in [0.5, 0.6) is 0 Å². The molecule has 0 bridgehead atoms. The molecule has 1 aliphatic rings. The number of fused-ring (bicyclic) bond motifs is 1. The molecule has 3 amide bonds. The first kappa shape index (κ1) is 18.6. The van der Waals surface area contributed by atoms with Crippen LogP contribution in [0.4, 0.5) is 0 Å². The number of carbonyl (C=O) groups excluding carboxylic acids is 3. The van der Waals surface area contributed by atoms with E-state index in [4.69, 9.17) is 4.84 Å². The highest BCUT2D eigenvalue weighted by Gasteiger charge is 2.34. The molecule has 6 nitrogen and oxygen atoms in total. The molecule has 4 rings (SSSR count). The van der Waals surface area contributed by atoms with E-state index < -0.39 is 0 Å². The third-order valence-corrected chi connectivity index (χ3v) is 4.68. The molecule has 0 saturated heterocycles. The summed E-state index contributed by atoms with van der Waals surface area (Å²) in [7, 11) is 0. The lowest BCUT2D eigenvalue weighted by Gasteiger charge is -2.14. The van der Waals surface area contributed by atoms with Crippen molar-refractivity contribution in [3.63, 3.8) is 0 Å². The van der Waals surface area contributed by atoms with E-state index in [9.17, 15) is 14.4 Å². The highest BCUT2D eigenvalue weighted by atomic mass is 16.6. The first-order chi connectivity index (χ1) is 14.1. The summed E-state index contributed by atoms with van der Waals surface area (Å²) < 4.78 is 0. The number of nitrogens with one attached hydrogen (secondary N) is 1. The second-order valence-corrected chi connectivity index (χ2v) is 6.64. The minimum absolute atomic E-state index is 0.152. The van der Waals surface area contributed by atoms with Crippen molar-refractivity contribution in [3.05, 3.63) is 107 Å². The number of nitrogens with zero attached hydrogens (tertiary/aromatic N) is 1. The standard InChI is InChI=1S/C23H18N2O4/c26-21(24-29-15-17-6-2-1-3-7-17)18-12-10-16(11-13-18)14-25-22(27)19-8-4-5-9-20(19)23(25)28/h1-13H,14-15H2,(H,24,26). The Bertz CT molecular complexity index is 1030. The van der Waals surface area contributed by atoms with Crippen LogP contribution in [-0.4, -0.2) is 22.6 Å². The van der Waals surface area contributed by atoms with E-state index in [-0.39, 0.29) is 30.9 Å². The molecule has 144 valence electrons. The van der Waals surface area contributed by atoms with Gasteiger partial charge in [-0.25, -0.2) is 5.48 Å². The topological polar surface area (TPSA) is 75.7 Å². The molecule has 1 aliphatic heterocycles. The third-order valence-electron chi connectivity index (χ3n) is 4.68. The van der Waals surface area contributed by atoms with Gasteiger partial charge in [-0.2, -0.15) is 0 Å². The summed E-state index contributed by atoms with van der Waals surface area (Å²) in [5.41, 5.74) is 5.37. The molecule has 3 aromatic carbocycles. The zero-order chi connectivity index (χ0) is 20.2. The van der Waals surface area contributed by atoms with Crippen LogP contribution in [0.25, 0.3) is 0 Å². The number of carbonyl (C=O) groups is 3. The highest BCUT2D eigenvalue weighted by Crippen LogP contribution is 2.24. The first-order valence-electron chi connectivity index (χ1n) is 9.14. The van der Waals surface area contributed by atoms with Crippen molar-refractivity contribution in [2.45, 2.75) is 13.2 Å². The van der Waals surface area contributed by atoms with E-state index in [2.05, 4.69) is 5.48 Å². The summed E-state index contributed by atoms with van der Waals surface area (Å²) in [5, 5.41) is 0. The zero-order valence-electron chi connectivity index (χ0n) is 15.5. The quantitative estimate of drug-likeness (QED) is 0.521. The van der Waals surface area contributed by atoms with Crippen molar-refractivity contribution in [2.24, 2.45) is 0 Å². The van der Waals surface area contributed by atoms with Crippen molar-refractivity contribution in [1.82, 2.24) is 10.4 Å². The Morgan fingerprint density at radius 1 is 0.759 bits per heavy atom. The van der Waals surface area contributed by atoms with Crippen molar-refractivity contribution < 1.29 is 19.2 Å². The van der Waals surface area contributed by atoms with Crippen molar-refractivity contribution in [2.75, 3.05) is 0 Å². The monoisotopic (exact) mass is 386 g/mol. The van der Waals surface area contributed by atoms with Gasteiger partial charge in [-0.3, -0.25) is 24.1 Å². The molecule has 0 aliphatic carbocycles. The normalized spacial score (nSPS) is 12.8. The van der Waals surface area contributed by atoms with E-state index in [0.29, 0.717) is 16.7 Å². The van der Waals surface area contributed by atoms with Crippen LogP contribution in [0.3, 0.4) is 0 Å². The molecule has 1 heterocycles. The van der Waals surface area contributed by atoms with Crippen LogP contribution in [0, 0.1) is 0 Å². The first-order valence-corrected chi connectivity index (χ1v) is 9.14. The Morgan fingerprint density at radius 3 is 1.97 bits per heavy atom. The lowest BCUT2D eigenvalue weighted by molar-refractivity contribution is 0.0233. The molecule has 0 unspecified atom stereocenters. The third kappa shape index (κ3) is 3.93. The molecule has 0 atom stereocenters. The maximum atomic E-state index is 12.4. The second kappa shape index (κ2) is 8.08. The van der Waals surface area contributed by atoms with Crippen LogP contribution in [0.2, 0.25) is 0 Å². The lowest BCUT2D eigenvalue weighted by Crippen LogP contribution is -2.29. The Kier molecular flexibility index (Phi) is 5.18. The van der Waals surface area contributed by atoms with Gasteiger partial charge in [-0.15, -0.1) is 0 Å². The van der Waals surface area contributed by atoms with E-state index in [1.165, 1.54) is 4.90 Å². The Balaban J connectivity index is 1.35. The molecule has 3 aromatic rings.